The monoisotopic (exact) mass is 181 g/mol. The summed E-state index contributed by atoms with van der Waals surface area (Å²) in [6.07, 6.45) is 2.85. The summed E-state index contributed by atoms with van der Waals surface area (Å²) in [5.41, 5.74) is 7.13. The van der Waals surface area contributed by atoms with Gasteiger partial charge in [0.05, 0.1) is 0 Å². The van der Waals surface area contributed by atoms with Gasteiger partial charge < -0.3 is 5.73 Å². The molecule has 0 aliphatic heterocycles. The Bertz CT molecular complexity index is 263. The van der Waals surface area contributed by atoms with E-state index < -0.39 is 0 Å². The van der Waals surface area contributed by atoms with Crippen LogP contribution in [0.5, 0.6) is 0 Å². The Morgan fingerprint density at radius 3 is 2.77 bits per heavy atom. The van der Waals surface area contributed by atoms with Crippen molar-refractivity contribution in [2.24, 2.45) is 11.1 Å². The molecule has 1 rings (SSSR count). The van der Waals surface area contributed by atoms with Crippen molar-refractivity contribution in [2.45, 2.75) is 33.7 Å². The van der Waals surface area contributed by atoms with E-state index in [-0.39, 0.29) is 5.41 Å². The molecular formula is C10H19N3. The number of rotatable bonds is 4. The van der Waals surface area contributed by atoms with Crippen LogP contribution in [-0.2, 0) is 13.0 Å². The smallest absolute Gasteiger partial charge is 0.0492 e. The molecule has 74 valence electrons. The number of nitrogens with two attached hydrogens (primary N) is 1. The molecule has 1 aromatic heterocycles. The number of hydrogen-bond acceptors (Lipinski definition) is 2. The van der Waals surface area contributed by atoms with Crippen molar-refractivity contribution in [2.75, 3.05) is 6.54 Å². The van der Waals surface area contributed by atoms with Crippen LogP contribution in [0.15, 0.2) is 12.3 Å². The second kappa shape index (κ2) is 3.92. The van der Waals surface area contributed by atoms with Gasteiger partial charge in [-0.1, -0.05) is 13.8 Å². The SMILES string of the molecule is CCn1nccc1CC(C)(C)CN. The summed E-state index contributed by atoms with van der Waals surface area (Å²) < 4.78 is 2.03. The van der Waals surface area contributed by atoms with E-state index in [1.807, 2.05) is 10.9 Å². The fourth-order valence-corrected chi connectivity index (χ4v) is 1.36. The molecule has 0 radical (unpaired) electrons. The quantitative estimate of drug-likeness (QED) is 0.763. The van der Waals surface area contributed by atoms with Crippen LogP contribution in [0.2, 0.25) is 0 Å². The van der Waals surface area contributed by atoms with Crippen LogP contribution >= 0.6 is 0 Å². The van der Waals surface area contributed by atoms with Gasteiger partial charge in [-0.2, -0.15) is 5.10 Å². The minimum absolute atomic E-state index is 0.174. The second-order valence-corrected chi connectivity index (χ2v) is 4.18. The topological polar surface area (TPSA) is 43.8 Å². The van der Waals surface area contributed by atoms with Crippen molar-refractivity contribution in [1.82, 2.24) is 9.78 Å². The first kappa shape index (κ1) is 10.3. The Balaban J connectivity index is 2.73. The lowest BCUT2D eigenvalue weighted by atomic mass is 9.88. The summed E-state index contributed by atoms with van der Waals surface area (Å²) in [6.45, 7) is 8.11. The molecule has 0 bridgehead atoms. The van der Waals surface area contributed by atoms with Crippen molar-refractivity contribution in [3.05, 3.63) is 18.0 Å². The molecule has 0 saturated carbocycles. The predicted molar refractivity (Wildman–Crippen MR) is 54.4 cm³/mol. The van der Waals surface area contributed by atoms with E-state index in [0.717, 1.165) is 13.0 Å². The molecule has 1 aromatic rings. The first-order valence-corrected chi connectivity index (χ1v) is 4.80. The van der Waals surface area contributed by atoms with Crippen molar-refractivity contribution in [3.8, 4) is 0 Å². The normalized spacial score (nSPS) is 12.0. The van der Waals surface area contributed by atoms with Crippen LogP contribution < -0.4 is 5.73 Å². The van der Waals surface area contributed by atoms with E-state index in [9.17, 15) is 0 Å². The minimum Gasteiger partial charge on any atom is -0.330 e. The summed E-state index contributed by atoms with van der Waals surface area (Å²) in [5, 5.41) is 4.23. The zero-order valence-electron chi connectivity index (χ0n) is 8.75. The Hall–Kier alpha value is -0.830. The zero-order chi connectivity index (χ0) is 9.90. The minimum atomic E-state index is 0.174. The van der Waals surface area contributed by atoms with Crippen LogP contribution in [0.1, 0.15) is 26.5 Å². The van der Waals surface area contributed by atoms with Gasteiger partial charge in [-0.25, -0.2) is 0 Å². The third kappa shape index (κ3) is 2.56. The molecule has 0 spiro atoms. The van der Waals surface area contributed by atoms with Gasteiger partial charge in [0, 0.05) is 18.4 Å². The molecule has 1 heterocycles. The molecule has 0 unspecified atom stereocenters. The number of hydrogen-bond donors (Lipinski definition) is 1. The number of nitrogens with zero attached hydrogens (tertiary/aromatic N) is 2. The van der Waals surface area contributed by atoms with Gasteiger partial charge in [-0.15, -0.1) is 0 Å². The van der Waals surface area contributed by atoms with Crippen LogP contribution in [-0.4, -0.2) is 16.3 Å². The number of aryl methyl sites for hydroxylation is 1. The van der Waals surface area contributed by atoms with E-state index >= 15 is 0 Å². The van der Waals surface area contributed by atoms with E-state index in [1.54, 1.807) is 0 Å². The predicted octanol–water partition coefficient (Wildman–Crippen LogP) is 1.43. The van der Waals surface area contributed by atoms with E-state index in [4.69, 9.17) is 5.73 Å². The molecular weight excluding hydrogens is 162 g/mol. The van der Waals surface area contributed by atoms with Gasteiger partial charge in [-0.3, -0.25) is 4.68 Å². The summed E-state index contributed by atoms with van der Waals surface area (Å²) in [7, 11) is 0. The molecule has 0 aliphatic carbocycles. The van der Waals surface area contributed by atoms with Gasteiger partial charge in [0.15, 0.2) is 0 Å². The maximum atomic E-state index is 5.68. The average Bonchev–Trinajstić information content (AvgIpc) is 2.51. The molecule has 3 nitrogen and oxygen atoms in total. The van der Waals surface area contributed by atoms with E-state index in [0.29, 0.717) is 6.54 Å². The van der Waals surface area contributed by atoms with Gasteiger partial charge in [0.1, 0.15) is 0 Å². The van der Waals surface area contributed by atoms with Crippen molar-refractivity contribution in [3.63, 3.8) is 0 Å². The lowest BCUT2D eigenvalue weighted by Gasteiger charge is -2.22. The Morgan fingerprint density at radius 1 is 1.54 bits per heavy atom. The molecule has 2 N–H and O–H groups in total. The molecule has 0 aromatic carbocycles. The van der Waals surface area contributed by atoms with Crippen molar-refractivity contribution < 1.29 is 0 Å². The highest BCUT2D eigenvalue weighted by molar-refractivity contribution is 5.03. The molecule has 0 fully saturated rings. The highest BCUT2D eigenvalue weighted by atomic mass is 15.3. The molecule has 0 saturated heterocycles. The van der Waals surface area contributed by atoms with Crippen LogP contribution in [0.25, 0.3) is 0 Å². The molecule has 3 heteroatoms. The van der Waals surface area contributed by atoms with Crippen molar-refractivity contribution in [1.29, 1.82) is 0 Å². The fourth-order valence-electron chi connectivity index (χ4n) is 1.36. The molecule has 0 aliphatic rings. The summed E-state index contributed by atoms with van der Waals surface area (Å²) in [6, 6.07) is 2.07. The maximum Gasteiger partial charge on any atom is 0.0492 e. The highest BCUT2D eigenvalue weighted by Gasteiger charge is 2.18. The Labute approximate surface area is 79.9 Å². The van der Waals surface area contributed by atoms with Crippen molar-refractivity contribution >= 4 is 0 Å². The first-order chi connectivity index (χ1) is 6.09. The third-order valence-electron chi connectivity index (χ3n) is 2.32. The van der Waals surface area contributed by atoms with Gasteiger partial charge in [0.2, 0.25) is 0 Å². The largest absolute Gasteiger partial charge is 0.330 e. The van der Waals surface area contributed by atoms with Gasteiger partial charge in [0.25, 0.3) is 0 Å². The second-order valence-electron chi connectivity index (χ2n) is 4.18. The van der Waals surface area contributed by atoms with Gasteiger partial charge >= 0.3 is 0 Å². The summed E-state index contributed by atoms with van der Waals surface area (Å²) in [4.78, 5) is 0. The highest BCUT2D eigenvalue weighted by Crippen LogP contribution is 2.19. The van der Waals surface area contributed by atoms with E-state index in [1.165, 1.54) is 5.69 Å². The summed E-state index contributed by atoms with van der Waals surface area (Å²) >= 11 is 0. The third-order valence-corrected chi connectivity index (χ3v) is 2.32. The molecule has 0 amide bonds. The molecule has 0 atom stereocenters. The zero-order valence-corrected chi connectivity index (χ0v) is 8.75. The van der Waals surface area contributed by atoms with Crippen LogP contribution in [0.4, 0.5) is 0 Å². The van der Waals surface area contributed by atoms with Crippen LogP contribution in [0, 0.1) is 5.41 Å². The van der Waals surface area contributed by atoms with E-state index in [2.05, 4.69) is 31.9 Å². The standard InChI is InChI=1S/C10H19N3/c1-4-13-9(5-6-12-13)7-10(2,3)8-11/h5-6H,4,7-8,11H2,1-3H3. The average molecular weight is 181 g/mol. The fraction of sp³-hybridized carbons (Fsp3) is 0.700. The molecule has 13 heavy (non-hydrogen) atoms. The maximum absolute atomic E-state index is 5.68. The number of aromatic nitrogens is 2. The lowest BCUT2D eigenvalue weighted by Crippen LogP contribution is -2.27. The summed E-state index contributed by atoms with van der Waals surface area (Å²) in [5.74, 6) is 0. The van der Waals surface area contributed by atoms with Crippen LogP contribution in [0.3, 0.4) is 0 Å². The Morgan fingerprint density at radius 2 is 2.23 bits per heavy atom. The first-order valence-electron chi connectivity index (χ1n) is 4.80. The Kier molecular flexibility index (Phi) is 3.09. The van der Waals surface area contributed by atoms with Gasteiger partial charge in [-0.05, 0) is 31.4 Å². The lowest BCUT2D eigenvalue weighted by molar-refractivity contribution is 0.363.